The molecule has 0 spiro atoms. The highest BCUT2D eigenvalue weighted by molar-refractivity contribution is 5.68. The van der Waals surface area contributed by atoms with Gasteiger partial charge in [-0.2, -0.15) is 0 Å². The maximum absolute atomic E-state index is 5.44. The molecule has 112 valence electrons. The summed E-state index contributed by atoms with van der Waals surface area (Å²) in [5.74, 6) is 1.54. The van der Waals surface area contributed by atoms with Crippen LogP contribution in [0.2, 0.25) is 0 Å². The van der Waals surface area contributed by atoms with E-state index in [1.807, 2.05) is 31.2 Å². The van der Waals surface area contributed by atoms with Crippen LogP contribution in [0.15, 0.2) is 30.3 Å². The first-order valence-corrected chi connectivity index (χ1v) is 7.09. The van der Waals surface area contributed by atoms with Crippen LogP contribution >= 0.6 is 0 Å². The molecule has 4 heteroatoms. The summed E-state index contributed by atoms with van der Waals surface area (Å²) in [5.41, 5.74) is 4.13. The Morgan fingerprint density at radius 2 is 1.90 bits per heavy atom. The normalized spacial score (nSPS) is 10.5. The van der Waals surface area contributed by atoms with E-state index in [1.54, 1.807) is 14.2 Å². The minimum atomic E-state index is 0.765. The van der Waals surface area contributed by atoms with Gasteiger partial charge in [0.05, 0.1) is 19.9 Å². The number of hydrogen-bond donors (Lipinski definition) is 1. The molecule has 0 radical (unpaired) electrons. The Hall–Kier alpha value is -2.07. The number of pyridine rings is 1. The van der Waals surface area contributed by atoms with Gasteiger partial charge in [-0.25, -0.2) is 0 Å². The largest absolute Gasteiger partial charge is 0.497 e. The fraction of sp³-hybridized carbons (Fsp3) is 0.353. The molecule has 1 aromatic carbocycles. The monoisotopic (exact) mass is 286 g/mol. The van der Waals surface area contributed by atoms with Crippen molar-refractivity contribution in [1.82, 2.24) is 10.3 Å². The third-order valence-electron chi connectivity index (χ3n) is 3.45. The smallest absolute Gasteiger partial charge is 0.131 e. The fourth-order valence-electron chi connectivity index (χ4n) is 2.20. The highest BCUT2D eigenvalue weighted by Gasteiger charge is 2.10. The van der Waals surface area contributed by atoms with Crippen molar-refractivity contribution in [2.75, 3.05) is 20.8 Å². The van der Waals surface area contributed by atoms with Crippen LogP contribution in [-0.4, -0.2) is 25.7 Å². The van der Waals surface area contributed by atoms with Gasteiger partial charge in [0.1, 0.15) is 11.5 Å². The maximum Gasteiger partial charge on any atom is 0.131 e. The van der Waals surface area contributed by atoms with E-state index in [0.717, 1.165) is 41.5 Å². The second kappa shape index (κ2) is 7.09. The molecule has 0 unspecified atom stereocenters. The number of nitrogens with one attached hydrogen (secondary N) is 1. The van der Waals surface area contributed by atoms with E-state index in [9.17, 15) is 0 Å². The van der Waals surface area contributed by atoms with Crippen LogP contribution in [0.25, 0.3) is 11.3 Å². The molecule has 0 aliphatic heterocycles. The second-order valence-electron chi connectivity index (χ2n) is 4.79. The lowest BCUT2D eigenvalue weighted by Gasteiger charge is -2.12. The number of aryl methyl sites for hydroxylation is 1. The van der Waals surface area contributed by atoms with E-state index in [2.05, 4.69) is 18.3 Å². The molecule has 2 aromatic rings. The van der Waals surface area contributed by atoms with Crippen molar-refractivity contribution in [2.45, 2.75) is 20.4 Å². The van der Waals surface area contributed by atoms with Gasteiger partial charge < -0.3 is 14.8 Å². The molecule has 2 rings (SSSR count). The Morgan fingerprint density at radius 1 is 1.10 bits per heavy atom. The quantitative estimate of drug-likeness (QED) is 0.885. The van der Waals surface area contributed by atoms with Gasteiger partial charge in [-0.15, -0.1) is 0 Å². The number of ether oxygens (including phenoxy) is 2. The van der Waals surface area contributed by atoms with E-state index >= 15 is 0 Å². The van der Waals surface area contributed by atoms with Crippen molar-refractivity contribution in [2.24, 2.45) is 0 Å². The third-order valence-corrected chi connectivity index (χ3v) is 3.45. The molecule has 1 N–H and O–H groups in total. The molecule has 0 saturated heterocycles. The van der Waals surface area contributed by atoms with Crippen molar-refractivity contribution in [3.63, 3.8) is 0 Å². The van der Waals surface area contributed by atoms with Gasteiger partial charge in [-0.3, -0.25) is 4.98 Å². The summed E-state index contributed by atoms with van der Waals surface area (Å²) in [6.07, 6.45) is 0. The standard InChI is InChI=1S/C17H22N2O2/c1-5-18-11-13-6-9-16(19-12(13)2)15-8-7-14(20-3)10-17(15)21-4/h6-10,18H,5,11H2,1-4H3. The van der Waals surface area contributed by atoms with E-state index in [-0.39, 0.29) is 0 Å². The molecule has 0 fully saturated rings. The summed E-state index contributed by atoms with van der Waals surface area (Å²) in [7, 11) is 3.30. The number of nitrogens with zero attached hydrogens (tertiary/aromatic N) is 1. The molecular weight excluding hydrogens is 264 g/mol. The Morgan fingerprint density at radius 3 is 2.52 bits per heavy atom. The lowest BCUT2D eigenvalue weighted by molar-refractivity contribution is 0.395. The average molecular weight is 286 g/mol. The summed E-state index contributed by atoms with van der Waals surface area (Å²) in [4.78, 5) is 4.70. The predicted molar refractivity (Wildman–Crippen MR) is 84.9 cm³/mol. The molecule has 0 aliphatic rings. The van der Waals surface area contributed by atoms with Crippen molar-refractivity contribution in [3.05, 3.63) is 41.6 Å². The second-order valence-corrected chi connectivity index (χ2v) is 4.79. The molecule has 0 bridgehead atoms. The Bertz CT molecular complexity index is 612. The molecule has 4 nitrogen and oxygen atoms in total. The van der Waals surface area contributed by atoms with Gasteiger partial charge in [0.2, 0.25) is 0 Å². The van der Waals surface area contributed by atoms with E-state index in [4.69, 9.17) is 14.5 Å². The average Bonchev–Trinajstić information content (AvgIpc) is 2.53. The van der Waals surface area contributed by atoms with Crippen LogP contribution < -0.4 is 14.8 Å². The summed E-state index contributed by atoms with van der Waals surface area (Å²) in [6.45, 7) is 5.92. The number of hydrogen-bond acceptors (Lipinski definition) is 4. The lowest BCUT2D eigenvalue weighted by Crippen LogP contribution is -2.13. The highest BCUT2D eigenvalue weighted by Crippen LogP contribution is 2.32. The molecular formula is C17H22N2O2. The topological polar surface area (TPSA) is 43.4 Å². The Labute approximate surface area is 126 Å². The highest BCUT2D eigenvalue weighted by atomic mass is 16.5. The van der Waals surface area contributed by atoms with Crippen LogP contribution in [0.5, 0.6) is 11.5 Å². The first-order chi connectivity index (χ1) is 10.2. The number of benzene rings is 1. The van der Waals surface area contributed by atoms with Crippen LogP contribution in [0, 0.1) is 6.92 Å². The predicted octanol–water partition coefficient (Wildman–Crippen LogP) is 3.18. The number of aromatic nitrogens is 1. The minimum absolute atomic E-state index is 0.765. The summed E-state index contributed by atoms with van der Waals surface area (Å²) < 4.78 is 10.7. The van der Waals surface area contributed by atoms with Crippen LogP contribution in [-0.2, 0) is 6.54 Å². The summed E-state index contributed by atoms with van der Waals surface area (Å²) >= 11 is 0. The van der Waals surface area contributed by atoms with Crippen molar-refractivity contribution in [1.29, 1.82) is 0 Å². The molecule has 1 aromatic heterocycles. The summed E-state index contributed by atoms with van der Waals surface area (Å²) in [5, 5.41) is 3.32. The van der Waals surface area contributed by atoms with Crippen LogP contribution in [0.1, 0.15) is 18.2 Å². The maximum atomic E-state index is 5.44. The third kappa shape index (κ3) is 3.52. The van der Waals surface area contributed by atoms with Crippen molar-refractivity contribution < 1.29 is 9.47 Å². The van der Waals surface area contributed by atoms with Crippen LogP contribution in [0.3, 0.4) is 0 Å². The summed E-state index contributed by atoms with van der Waals surface area (Å²) in [6, 6.07) is 9.91. The zero-order chi connectivity index (χ0) is 15.2. The Balaban J connectivity index is 2.36. The molecule has 0 atom stereocenters. The molecule has 0 aliphatic carbocycles. The zero-order valence-electron chi connectivity index (χ0n) is 13.1. The first kappa shape index (κ1) is 15.3. The number of rotatable bonds is 6. The van der Waals surface area contributed by atoms with Gasteiger partial charge in [0.25, 0.3) is 0 Å². The SMILES string of the molecule is CCNCc1ccc(-c2ccc(OC)cc2OC)nc1C. The van der Waals surface area contributed by atoms with E-state index < -0.39 is 0 Å². The van der Waals surface area contributed by atoms with Gasteiger partial charge in [0.15, 0.2) is 0 Å². The van der Waals surface area contributed by atoms with Gasteiger partial charge in [0, 0.05) is 23.9 Å². The molecule has 21 heavy (non-hydrogen) atoms. The number of methoxy groups -OCH3 is 2. The van der Waals surface area contributed by atoms with E-state index in [1.165, 1.54) is 5.56 Å². The van der Waals surface area contributed by atoms with Crippen LogP contribution in [0.4, 0.5) is 0 Å². The van der Waals surface area contributed by atoms with Gasteiger partial charge in [-0.05, 0) is 37.2 Å². The molecule has 0 amide bonds. The molecule has 0 saturated carbocycles. The van der Waals surface area contributed by atoms with Crippen molar-refractivity contribution >= 4 is 0 Å². The molecule has 1 heterocycles. The first-order valence-electron chi connectivity index (χ1n) is 7.09. The van der Waals surface area contributed by atoms with Gasteiger partial charge >= 0.3 is 0 Å². The minimum Gasteiger partial charge on any atom is -0.497 e. The zero-order valence-corrected chi connectivity index (χ0v) is 13.1. The lowest BCUT2D eigenvalue weighted by atomic mass is 10.1. The fourth-order valence-corrected chi connectivity index (χ4v) is 2.20. The van der Waals surface area contributed by atoms with Crippen molar-refractivity contribution in [3.8, 4) is 22.8 Å². The van der Waals surface area contributed by atoms with E-state index in [0.29, 0.717) is 0 Å². The van der Waals surface area contributed by atoms with Gasteiger partial charge in [-0.1, -0.05) is 13.0 Å². The Kier molecular flexibility index (Phi) is 5.17.